The number of carbonyl (C=O) groups excluding carboxylic acids is 2. The fourth-order valence-electron chi connectivity index (χ4n) is 3.15. The van der Waals surface area contributed by atoms with E-state index in [0.29, 0.717) is 10.4 Å². The van der Waals surface area contributed by atoms with E-state index in [4.69, 9.17) is 4.42 Å². The molecule has 0 unspecified atom stereocenters. The number of amides is 2. The molecule has 8 heteroatoms. The molecule has 154 valence electrons. The number of furan rings is 1. The van der Waals surface area contributed by atoms with Crippen LogP contribution in [-0.2, 0) is 11.3 Å². The molecule has 7 nitrogen and oxygen atoms in total. The normalized spacial score (nSPS) is 11.2. The van der Waals surface area contributed by atoms with Crippen molar-refractivity contribution in [3.8, 4) is 0 Å². The van der Waals surface area contributed by atoms with Crippen molar-refractivity contribution in [1.82, 2.24) is 14.8 Å². The SMILES string of the molecule is CCN(CC)CCn1ccc2cc(NC(=O)CNC(=O)c3ccc(Br)o3)ccc21. The first kappa shape index (κ1) is 21.1. The minimum absolute atomic E-state index is 0.139. The van der Waals surface area contributed by atoms with E-state index in [9.17, 15) is 9.59 Å². The molecule has 0 aliphatic rings. The van der Waals surface area contributed by atoms with Gasteiger partial charge in [0.1, 0.15) is 0 Å². The molecule has 0 radical (unpaired) electrons. The van der Waals surface area contributed by atoms with E-state index in [2.05, 4.69) is 56.1 Å². The Kier molecular flexibility index (Phi) is 7.11. The van der Waals surface area contributed by atoms with Crippen molar-refractivity contribution >= 4 is 44.3 Å². The maximum Gasteiger partial charge on any atom is 0.287 e. The van der Waals surface area contributed by atoms with Crippen LogP contribution in [0.1, 0.15) is 24.4 Å². The Bertz CT molecular complexity index is 991. The Labute approximate surface area is 178 Å². The molecule has 29 heavy (non-hydrogen) atoms. The van der Waals surface area contributed by atoms with Gasteiger partial charge in [-0.1, -0.05) is 13.8 Å². The van der Waals surface area contributed by atoms with Crippen LogP contribution in [0.15, 0.2) is 51.7 Å². The van der Waals surface area contributed by atoms with Gasteiger partial charge in [0.05, 0.1) is 6.54 Å². The number of halogens is 1. The van der Waals surface area contributed by atoms with Gasteiger partial charge in [-0.3, -0.25) is 9.59 Å². The lowest BCUT2D eigenvalue weighted by Gasteiger charge is -2.18. The smallest absolute Gasteiger partial charge is 0.287 e. The summed E-state index contributed by atoms with van der Waals surface area (Å²) in [4.78, 5) is 26.5. The predicted molar refractivity (Wildman–Crippen MR) is 117 cm³/mol. The molecule has 3 aromatic rings. The van der Waals surface area contributed by atoms with Crippen LogP contribution in [0.4, 0.5) is 5.69 Å². The van der Waals surface area contributed by atoms with Crippen molar-refractivity contribution in [3.05, 3.63) is 53.0 Å². The van der Waals surface area contributed by atoms with E-state index in [1.807, 2.05) is 24.3 Å². The molecule has 0 spiro atoms. The molecule has 0 bridgehead atoms. The average molecular weight is 461 g/mol. The van der Waals surface area contributed by atoms with Crippen LogP contribution in [0.5, 0.6) is 0 Å². The lowest BCUT2D eigenvalue weighted by Crippen LogP contribution is -2.32. The number of hydrogen-bond donors (Lipinski definition) is 2. The third-order valence-electron chi connectivity index (χ3n) is 4.81. The molecule has 2 aromatic heterocycles. The van der Waals surface area contributed by atoms with Crippen LogP contribution in [0, 0.1) is 0 Å². The van der Waals surface area contributed by atoms with Crippen molar-refractivity contribution in [3.63, 3.8) is 0 Å². The Hall–Kier alpha value is -2.58. The molecule has 1 aromatic carbocycles. The van der Waals surface area contributed by atoms with Crippen LogP contribution in [-0.4, -0.2) is 47.5 Å². The van der Waals surface area contributed by atoms with E-state index in [0.717, 1.165) is 37.1 Å². The number of anilines is 1. The minimum Gasteiger partial charge on any atom is -0.444 e. The van der Waals surface area contributed by atoms with Gasteiger partial charge in [-0.2, -0.15) is 0 Å². The molecule has 0 aliphatic carbocycles. The number of fused-ring (bicyclic) bond motifs is 1. The highest BCUT2D eigenvalue weighted by Gasteiger charge is 2.12. The lowest BCUT2D eigenvalue weighted by atomic mass is 10.2. The lowest BCUT2D eigenvalue weighted by molar-refractivity contribution is -0.115. The molecule has 3 rings (SSSR count). The molecule has 0 atom stereocenters. The van der Waals surface area contributed by atoms with Crippen LogP contribution < -0.4 is 10.6 Å². The van der Waals surface area contributed by atoms with Gasteiger partial charge in [0.15, 0.2) is 10.4 Å². The second-order valence-electron chi connectivity index (χ2n) is 6.64. The van der Waals surface area contributed by atoms with Crippen LogP contribution in [0.25, 0.3) is 10.9 Å². The molecule has 0 fully saturated rings. The summed E-state index contributed by atoms with van der Waals surface area (Å²) in [5.74, 6) is -0.590. The van der Waals surface area contributed by atoms with Gasteiger partial charge in [0.2, 0.25) is 5.91 Å². The number of likely N-dealkylation sites (N-methyl/N-ethyl adjacent to an activating group) is 1. The average Bonchev–Trinajstić information content (AvgIpc) is 3.33. The molecular formula is C21H25BrN4O3. The number of aromatic nitrogens is 1. The summed E-state index contributed by atoms with van der Waals surface area (Å²) in [6.07, 6.45) is 2.07. The summed E-state index contributed by atoms with van der Waals surface area (Å²) in [7, 11) is 0. The van der Waals surface area contributed by atoms with E-state index in [1.165, 1.54) is 6.07 Å². The monoisotopic (exact) mass is 460 g/mol. The second kappa shape index (κ2) is 9.76. The quantitative estimate of drug-likeness (QED) is 0.509. The summed E-state index contributed by atoms with van der Waals surface area (Å²) in [6.45, 7) is 8.21. The molecule has 2 N–H and O–H groups in total. The van der Waals surface area contributed by atoms with Crippen molar-refractivity contribution in [2.24, 2.45) is 0 Å². The van der Waals surface area contributed by atoms with Crippen LogP contribution in [0.2, 0.25) is 0 Å². The molecule has 2 heterocycles. The van der Waals surface area contributed by atoms with Gasteiger partial charge in [0.25, 0.3) is 5.91 Å². The van der Waals surface area contributed by atoms with Crippen molar-refractivity contribution in [2.75, 3.05) is 31.5 Å². The fraction of sp³-hybridized carbons (Fsp3) is 0.333. The van der Waals surface area contributed by atoms with E-state index >= 15 is 0 Å². The molecule has 0 aliphatic heterocycles. The highest BCUT2D eigenvalue weighted by atomic mass is 79.9. The third kappa shape index (κ3) is 5.48. The first-order valence-electron chi connectivity index (χ1n) is 9.64. The van der Waals surface area contributed by atoms with Crippen molar-refractivity contribution in [2.45, 2.75) is 20.4 Å². The maximum atomic E-state index is 12.2. The van der Waals surface area contributed by atoms with Gasteiger partial charge in [-0.05, 0) is 65.4 Å². The third-order valence-corrected chi connectivity index (χ3v) is 5.24. The molecular weight excluding hydrogens is 436 g/mol. The summed E-state index contributed by atoms with van der Waals surface area (Å²) < 4.78 is 7.85. The summed E-state index contributed by atoms with van der Waals surface area (Å²) in [5, 5.41) is 6.41. The van der Waals surface area contributed by atoms with E-state index in [-0.39, 0.29) is 18.2 Å². The zero-order valence-corrected chi connectivity index (χ0v) is 18.2. The van der Waals surface area contributed by atoms with E-state index < -0.39 is 5.91 Å². The zero-order chi connectivity index (χ0) is 20.8. The summed E-state index contributed by atoms with van der Waals surface area (Å²) in [5.41, 5.74) is 1.82. The predicted octanol–water partition coefficient (Wildman–Crippen LogP) is 3.71. The standard InChI is InChI=1S/C21H25BrN4O3/c1-3-25(4-2)11-12-26-10-9-15-13-16(5-6-17(15)26)24-20(27)14-23-21(28)18-7-8-19(22)29-18/h5-10,13H,3-4,11-12,14H2,1-2H3,(H,23,28)(H,24,27). The Balaban J connectivity index is 1.56. The number of nitrogens with one attached hydrogen (secondary N) is 2. The van der Waals surface area contributed by atoms with Gasteiger partial charge in [-0.15, -0.1) is 0 Å². The molecule has 0 saturated carbocycles. The number of carbonyl (C=O) groups is 2. The Morgan fingerprint density at radius 1 is 1.14 bits per heavy atom. The highest BCUT2D eigenvalue weighted by molar-refractivity contribution is 9.10. The second-order valence-corrected chi connectivity index (χ2v) is 7.43. The topological polar surface area (TPSA) is 79.5 Å². The first-order valence-corrected chi connectivity index (χ1v) is 10.4. The number of hydrogen-bond acceptors (Lipinski definition) is 4. The van der Waals surface area contributed by atoms with Crippen LogP contribution in [0.3, 0.4) is 0 Å². The Morgan fingerprint density at radius 3 is 2.62 bits per heavy atom. The zero-order valence-electron chi connectivity index (χ0n) is 16.6. The number of benzene rings is 1. The van der Waals surface area contributed by atoms with Crippen molar-refractivity contribution < 1.29 is 14.0 Å². The minimum atomic E-state index is -0.438. The molecule has 0 saturated heterocycles. The van der Waals surface area contributed by atoms with Gasteiger partial charge in [0, 0.05) is 35.9 Å². The first-order chi connectivity index (χ1) is 14.0. The fourth-order valence-corrected chi connectivity index (χ4v) is 3.46. The van der Waals surface area contributed by atoms with Gasteiger partial charge >= 0.3 is 0 Å². The summed E-state index contributed by atoms with van der Waals surface area (Å²) >= 11 is 3.14. The largest absolute Gasteiger partial charge is 0.444 e. The van der Waals surface area contributed by atoms with Gasteiger partial charge < -0.3 is 24.5 Å². The highest BCUT2D eigenvalue weighted by Crippen LogP contribution is 2.20. The maximum absolute atomic E-state index is 12.2. The Morgan fingerprint density at radius 2 is 1.93 bits per heavy atom. The number of nitrogens with zero attached hydrogens (tertiary/aromatic N) is 2. The van der Waals surface area contributed by atoms with Crippen molar-refractivity contribution in [1.29, 1.82) is 0 Å². The number of rotatable bonds is 9. The van der Waals surface area contributed by atoms with Gasteiger partial charge in [-0.25, -0.2) is 0 Å². The molecule has 2 amide bonds. The van der Waals surface area contributed by atoms with Crippen LogP contribution >= 0.6 is 15.9 Å². The van der Waals surface area contributed by atoms with E-state index in [1.54, 1.807) is 6.07 Å². The summed E-state index contributed by atoms with van der Waals surface area (Å²) in [6, 6.07) is 11.0.